The molecule has 0 bridgehead atoms. The zero-order valence-corrected chi connectivity index (χ0v) is 10.4. The summed E-state index contributed by atoms with van der Waals surface area (Å²) in [6.07, 6.45) is 1.56. The molecular formula is C12H16O2S. The minimum Gasteiger partial charge on any atom is -0.293 e. The fraction of sp³-hybridized carbons (Fsp3) is 0.417. The van der Waals surface area contributed by atoms with Crippen LogP contribution in [0.2, 0.25) is 0 Å². The molecule has 1 aromatic rings. The molecule has 0 aromatic heterocycles. The first-order chi connectivity index (χ1) is 6.93. The Bertz CT molecular complexity index is 410. The largest absolute Gasteiger partial charge is 0.293 e. The Hall–Kier alpha value is -0.960. The molecule has 0 aliphatic carbocycles. The minimum absolute atomic E-state index is 0.0305. The quantitative estimate of drug-likeness (QED) is 0.738. The van der Waals surface area contributed by atoms with E-state index in [2.05, 4.69) is 0 Å². The van der Waals surface area contributed by atoms with Gasteiger partial charge in [0.25, 0.3) is 0 Å². The second-order valence-electron chi connectivity index (χ2n) is 3.82. The summed E-state index contributed by atoms with van der Waals surface area (Å²) < 4.78 is 11.2. The minimum atomic E-state index is -1.11. The first-order valence-electron chi connectivity index (χ1n) is 4.87. The van der Waals surface area contributed by atoms with Crippen LogP contribution < -0.4 is 0 Å². The van der Waals surface area contributed by atoms with Gasteiger partial charge in [-0.2, -0.15) is 0 Å². The molecule has 0 N–H and O–H groups in total. The smallest absolute Gasteiger partial charge is 0.178 e. The maximum absolute atomic E-state index is 12.0. The summed E-state index contributed by atoms with van der Waals surface area (Å²) in [5, 5.41) is -0.425. The van der Waals surface area contributed by atoms with Gasteiger partial charge in [-0.25, -0.2) is 0 Å². The van der Waals surface area contributed by atoms with E-state index in [1.807, 2.05) is 32.0 Å². The highest BCUT2D eigenvalue weighted by Gasteiger charge is 2.19. The summed E-state index contributed by atoms with van der Waals surface area (Å²) >= 11 is 0. The zero-order chi connectivity index (χ0) is 11.6. The van der Waals surface area contributed by atoms with E-state index in [9.17, 15) is 9.00 Å². The van der Waals surface area contributed by atoms with Crippen molar-refractivity contribution >= 4 is 16.6 Å². The van der Waals surface area contributed by atoms with Crippen LogP contribution in [0.25, 0.3) is 0 Å². The Morgan fingerprint density at radius 1 is 1.33 bits per heavy atom. The average molecular weight is 224 g/mol. The van der Waals surface area contributed by atoms with E-state index in [0.717, 1.165) is 11.1 Å². The van der Waals surface area contributed by atoms with Crippen LogP contribution in [0.5, 0.6) is 0 Å². The topological polar surface area (TPSA) is 34.1 Å². The first-order valence-corrected chi connectivity index (χ1v) is 6.49. The Balaban J connectivity index is 3.11. The molecule has 0 aliphatic heterocycles. The number of carbonyl (C=O) groups is 1. The number of rotatable bonds is 3. The van der Waals surface area contributed by atoms with Crippen LogP contribution in [-0.2, 0) is 10.8 Å². The van der Waals surface area contributed by atoms with Crippen molar-refractivity contribution in [2.24, 2.45) is 0 Å². The zero-order valence-electron chi connectivity index (χ0n) is 9.53. The number of carbonyl (C=O) groups excluding carboxylic acids is 1. The van der Waals surface area contributed by atoms with E-state index in [-0.39, 0.29) is 5.78 Å². The third-order valence-electron chi connectivity index (χ3n) is 2.53. The van der Waals surface area contributed by atoms with Gasteiger partial charge < -0.3 is 0 Å². The summed E-state index contributed by atoms with van der Waals surface area (Å²) in [6.45, 7) is 5.56. The molecule has 0 radical (unpaired) electrons. The van der Waals surface area contributed by atoms with Crippen molar-refractivity contribution in [3.05, 3.63) is 34.9 Å². The van der Waals surface area contributed by atoms with Gasteiger partial charge in [0, 0.05) is 22.6 Å². The van der Waals surface area contributed by atoms with Gasteiger partial charge in [0.2, 0.25) is 0 Å². The van der Waals surface area contributed by atoms with E-state index in [0.29, 0.717) is 5.56 Å². The second-order valence-corrected chi connectivity index (χ2v) is 5.53. The molecule has 0 spiro atoms. The average Bonchev–Trinajstić information content (AvgIpc) is 2.19. The Morgan fingerprint density at radius 2 is 1.93 bits per heavy atom. The molecule has 0 fully saturated rings. The predicted molar refractivity (Wildman–Crippen MR) is 63.8 cm³/mol. The number of benzene rings is 1. The van der Waals surface area contributed by atoms with Gasteiger partial charge in [-0.1, -0.05) is 17.7 Å². The summed E-state index contributed by atoms with van der Waals surface area (Å²) in [5.74, 6) is -0.0305. The van der Waals surface area contributed by atoms with Crippen LogP contribution in [0, 0.1) is 13.8 Å². The van der Waals surface area contributed by atoms with Gasteiger partial charge in [0.1, 0.15) is 0 Å². The molecule has 2 nitrogen and oxygen atoms in total. The Morgan fingerprint density at radius 3 is 2.47 bits per heavy atom. The fourth-order valence-electron chi connectivity index (χ4n) is 1.37. The molecule has 82 valence electrons. The van der Waals surface area contributed by atoms with Crippen molar-refractivity contribution in [2.45, 2.75) is 26.0 Å². The van der Waals surface area contributed by atoms with Crippen molar-refractivity contribution in [1.82, 2.24) is 0 Å². The highest BCUT2D eigenvalue weighted by Crippen LogP contribution is 2.14. The van der Waals surface area contributed by atoms with E-state index >= 15 is 0 Å². The highest BCUT2D eigenvalue weighted by atomic mass is 32.2. The van der Waals surface area contributed by atoms with Crippen molar-refractivity contribution < 1.29 is 9.00 Å². The summed E-state index contributed by atoms with van der Waals surface area (Å²) in [6, 6.07) is 5.76. The Labute approximate surface area is 93.2 Å². The van der Waals surface area contributed by atoms with Crippen molar-refractivity contribution in [1.29, 1.82) is 0 Å². The third kappa shape index (κ3) is 2.75. The summed E-state index contributed by atoms with van der Waals surface area (Å²) in [4.78, 5) is 12.0. The molecule has 0 saturated heterocycles. The first kappa shape index (κ1) is 12.1. The molecule has 2 atom stereocenters. The molecule has 0 amide bonds. The molecule has 15 heavy (non-hydrogen) atoms. The van der Waals surface area contributed by atoms with Crippen LogP contribution >= 0.6 is 0 Å². The lowest BCUT2D eigenvalue weighted by atomic mass is 10.0. The van der Waals surface area contributed by atoms with Gasteiger partial charge in [0.15, 0.2) is 5.78 Å². The molecule has 0 saturated carbocycles. The van der Waals surface area contributed by atoms with Crippen LogP contribution in [0.1, 0.15) is 28.4 Å². The van der Waals surface area contributed by atoms with Crippen LogP contribution in [0.15, 0.2) is 18.2 Å². The van der Waals surface area contributed by atoms with E-state index in [1.165, 1.54) is 0 Å². The van der Waals surface area contributed by atoms with Crippen molar-refractivity contribution in [3.63, 3.8) is 0 Å². The lowest BCUT2D eigenvalue weighted by Gasteiger charge is -2.10. The second kappa shape index (κ2) is 4.71. The highest BCUT2D eigenvalue weighted by molar-refractivity contribution is 7.85. The predicted octanol–water partition coefficient (Wildman–Crippen LogP) is 2.25. The molecule has 0 aliphatic rings. The van der Waals surface area contributed by atoms with E-state index in [1.54, 1.807) is 13.2 Å². The molecule has 2 unspecified atom stereocenters. The lowest BCUT2D eigenvalue weighted by molar-refractivity contribution is 0.0992. The van der Waals surface area contributed by atoms with Crippen LogP contribution in [0.3, 0.4) is 0 Å². The maximum atomic E-state index is 12.0. The number of Topliss-reactive ketones (excluding diaryl/α,β-unsaturated/α-hetero) is 1. The number of hydrogen-bond donors (Lipinski definition) is 0. The van der Waals surface area contributed by atoms with Gasteiger partial charge in [-0.05, 0) is 32.4 Å². The van der Waals surface area contributed by atoms with Gasteiger partial charge >= 0.3 is 0 Å². The maximum Gasteiger partial charge on any atom is 0.178 e. The number of aryl methyl sites for hydroxylation is 2. The molecule has 0 heterocycles. The van der Waals surface area contributed by atoms with E-state index < -0.39 is 16.0 Å². The molecule has 1 rings (SSSR count). The van der Waals surface area contributed by atoms with Crippen LogP contribution in [0.4, 0.5) is 0 Å². The van der Waals surface area contributed by atoms with Crippen molar-refractivity contribution in [3.8, 4) is 0 Å². The van der Waals surface area contributed by atoms with Gasteiger partial charge in [-0.15, -0.1) is 0 Å². The van der Waals surface area contributed by atoms with Gasteiger partial charge in [0.05, 0.1) is 5.25 Å². The van der Waals surface area contributed by atoms with Crippen LogP contribution in [-0.4, -0.2) is 21.5 Å². The number of hydrogen-bond acceptors (Lipinski definition) is 2. The Kier molecular flexibility index (Phi) is 3.80. The van der Waals surface area contributed by atoms with Crippen molar-refractivity contribution in [2.75, 3.05) is 6.26 Å². The molecule has 1 aromatic carbocycles. The lowest BCUT2D eigenvalue weighted by Crippen LogP contribution is -2.22. The third-order valence-corrected chi connectivity index (χ3v) is 3.74. The summed E-state index contributed by atoms with van der Waals surface area (Å²) in [7, 11) is -1.11. The normalized spacial score (nSPS) is 14.7. The standard InChI is InChI=1S/C12H16O2S/c1-8-5-6-9(2)11(7-8)12(13)10(3)15(4)14/h5-7,10H,1-4H3. The number of ketones is 1. The molecular weight excluding hydrogens is 208 g/mol. The monoisotopic (exact) mass is 224 g/mol. The fourth-order valence-corrected chi connectivity index (χ4v) is 1.80. The van der Waals surface area contributed by atoms with E-state index in [4.69, 9.17) is 0 Å². The SMILES string of the molecule is Cc1ccc(C)c(C(=O)C(C)S(C)=O)c1. The van der Waals surface area contributed by atoms with Gasteiger partial charge in [-0.3, -0.25) is 9.00 Å². The summed E-state index contributed by atoms with van der Waals surface area (Å²) in [5.41, 5.74) is 2.69. The molecule has 3 heteroatoms.